The van der Waals surface area contributed by atoms with Gasteiger partial charge in [0.25, 0.3) is 0 Å². The van der Waals surface area contributed by atoms with Crippen molar-refractivity contribution in [3.63, 3.8) is 0 Å². The van der Waals surface area contributed by atoms with Crippen LogP contribution in [0.3, 0.4) is 0 Å². The Balaban J connectivity index is 3.11. The topological polar surface area (TPSA) is 17.1 Å². The van der Waals surface area contributed by atoms with Crippen molar-refractivity contribution in [3.8, 4) is 0 Å². The lowest BCUT2D eigenvalue weighted by atomic mass is 10.5. The van der Waals surface area contributed by atoms with Crippen LogP contribution < -0.4 is 0 Å². The van der Waals surface area contributed by atoms with E-state index in [9.17, 15) is 9.18 Å². The zero-order chi connectivity index (χ0) is 6.85. The number of thiophene rings is 1. The smallest absolute Gasteiger partial charge is 0.160 e. The van der Waals surface area contributed by atoms with Crippen LogP contribution >= 0.6 is 27.3 Å². The molecule has 1 heterocycles. The summed E-state index contributed by atoms with van der Waals surface area (Å²) in [6.07, 6.45) is 0.624. The average Bonchev–Trinajstić information content (AvgIpc) is 2.13. The molecule has 0 N–H and O–H groups in total. The van der Waals surface area contributed by atoms with Crippen LogP contribution in [-0.4, -0.2) is 6.29 Å². The predicted octanol–water partition coefficient (Wildman–Crippen LogP) is 2.46. The van der Waals surface area contributed by atoms with Gasteiger partial charge in [0, 0.05) is 0 Å². The van der Waals surface area contributed by atoms with E-state index in [1.54, 1.807) is 0 Å². The van der Waals surface area contributed by atoms with E-state index in [-0.39, 0.29) is 5.82 Å². The highest BCUT2D eigenvalue weighted by molar-refractivity contribution is 9.11. The summed E-state index contributed by atoms with van der Waals surface area (Å²) in [5, 5.41) is 0. The number of hydrogen-bond acceptors (Lipinski definition) is 2. The van der Waals surface area contributed by atoms with E-state index in [0.29, 0.717) is 14.9 Å². The fraction of sp³-hybridized carbons (Fsp3) is 0. The van der Waals surface area contributed by atoms with E-state index in [2.05, 4.69) is 15.9 Å². The molecule has 1 aromatic heterocycles. The Morgan fingerprint density at radius 1 is 1.78 bits per heavy atom. The summed E-state index contributed by atoms with van der Waals surface area (Å²) in [5.74, 6) is -0.373. The first-order valence-corrected chi connectivity index (χ1v) is 3.75. The van der Waals surface area contributed by atoms with Crippen molar-refractivity contribution >= 4 is 33.6 Å². The maximum atomic E-state index is 12.3. The second kappa shape index (κ2) is 2.58. The molecular formula is C5H2BrFOS. The zero-order valence-corrected chi connectivity index (χ0v) is 6.63. The summed E-state index contributed by atoms with van der Waals surface area (Å²) in [6, 6.07) is 1.20. The van der Waals surface area contributed by atoms with Gasteiger partial charge in [-0.15, -0.1) is 11.3 Å². The van der Waals surface area contributed by atoms with Crippen LogP contribution in [0, 0.1) is 5.82 Å². The van der Waals surface area contributed by atoms with Gasteiger partial charge in [-0.3, -0.25) is 4.79 Å². The number of halogens is 2. The average molecular weight is 209 g/mol. The van der Waals surface area contributed by atoms with Crippen LogP contribution in [0.1, 0.15) is 9.67 Å². The molecule has 0 saturated carbocycles. The molecule has 0 aromatic carbocycles. The zero-order valence-electron chi connectivity index (χ0n) is 4.23. The fourth-order valence-corrected chi connectivity index (χ4v) is 1.67. The molecule has 9 heavy (non-hydrogen) atoms. The Morgan fingerprint density at radius 3 is 2.67 bits per heavy atom. The normalized spacial score (nSPS) is 9.56. The molecule has 0 unspecified atom stereocenters. The quantitative estimate of drug-likeness (QED) is 0.649. The Labute approximate surface area is 63.6 Å². The Hall–Kier alpha value is -0.220. The van der Waals surface area contributed by atoms with Gasteiger partial charge >= 0.3 is 0 Å². The highest BCUT2D eigenvalue weighted by atomic mass is 79.9. The van der Waals surface area contributed by atoms with Gasteiger partial charge < -0.3 is 0 Å². The first-order valence-electron chi connectivity index (χ1n) is 2.14. The molecule has 0 amide bonds. The van der Waals surface area contributed by atoms with Crippen molar-refractivity contribution in [1.82, 2.24) is 0 Å². The number of rotatable bonds is 1. The number of hydrogen-bond donors (Lipinski definition) is 0. The number of carbonyl (C=O) groups is 1. The van der Waals surface area contributed by atoms with E-state index >= 15 is 0 Å². The minimum atomic E-state index is -0.373. The fourth-order valence-electron chi connectivity index (χ4n) is 0.421. The summed E-state index contributed by atoms with van der Waals surface area (Å²) in [6.45, 7) is 0. The van der Waals surface area contributed by atoms with Gasteiger partial charge in [-0.2, -0.15) is 0 Å². The third kappa shape index (κ3) is 1.37. The van der Waals surface area contributed by atoms with Crippen LogP contribution in [0.2, 0.25) is 0 Å². The van der Waals surface area contributed by atoms with Crippen molar-refractivity contribution in [2.45, 2.75) is 0 Å². The Kier molecular flexibility index (Phi) is 1.97. The van der Waals surface area contributed by atoms with Crippen LogP contribution in [0.4, 0.5) is 4.39 Å². The summed E-state index contributed by atoms with van der Waals surface area (Å²) in [7, 11) is 0. The summed E-state index contributed by atoms with van der Waals surface area (Å²) >= 11 is 4.03. The first-order chi connectivity index (χ1) is 4.24. The van der Waals surface area contributed by atoms with Gasteiger partial charge in [-0.1, -0.05) is 0 Å². The minimum absolute atomic E-state index is 0.373. The standard InChI is InChI=1S/C5H2BrFOS/c6-5-4(7)1-3(2-8)9-5/h1-2H. The van der Waals surface area contributed by atoms with Crippen molar-refractivity contribution in [3.05, 3.63) is 20.5 Å². The second-order valence-electron chi connectivity index (χ2n) is 1.39. The van der Waals surface area contributed by atoms with Crippen molar-refractivity contribution in [1.29, 1.82) is 0 Å². The largest absolute Gasteiger partial charge is 0.297 e. The van der Waals surface area contributed by atoms with Crippen molar-refractivity contribution < 1.29 is 9.18 Å². The molecule has 48 valence electrons. The highest BCUT2D eigenvalue weighted by Gasteiger charge is 2.03. The molecule has 0 aliphatic carbocycles. The SMILES string of the molecule is O=Cc1cc(F)c(Br)s1. The summed E-state index contributed by atoms with van der Waals surface area (Å²) in [4.78, 5) is 10.4. The molecule has 0 radical (unpaired) electrons. The van der Waals surface area contributed by atoms with Crippen molar-refractivity contribution in [2.24, 2.45) is 0 Å². The van der Waals surface area contributed by atoms with Crippen LogP contribution in [0.15, 0.2) is 9.85 Å². The molecule has 0 spiro atoms. The molecule has 0 aliphatic heterocycles. The lowest BCUT2D eigenvalue weighted by Gasteiger charge is -1.72. The molecule has 1 nitrogen and oxygen atoms in total. The molecule has 1 rings (SSSR count). The van der Waals surface area contributed by atoms with Gasteiger partial charge in [-0.05, 0) is 22.0 Å². The van der Waals surface area contributed by atoms with Crippen molar-refractivity contribution in [2.75, 3.05) is 0 Å². The third-order valence-corrected chi connectivity index (χ3v) is 2.47. The van der Waals surface area contributed by atoms with Gasteiger partial charge in [0.15, 0.2) is 6.29 Å². The minimum Gasteiger partial charge on any atom is -0.297 e. The van der Waals surface area contributed by atoms with Gasteiger partial charge in [0.1, 0.15) is 9.60 Å². The molecule has 0 bridgehead atoms. The van der Waals surface area contributed by atoms with E-state index in [0.717, 1.165) is 11.3 Å². The Bertz CT molecular complexity index is 213. The van der Waals surface area contributed by atoms with Gasteiger partial charge in [-0.25, -0.2) is 4.39 Å². The second-order valence-corrected chi connectivity index (χ2v) is 3.79. The highest BCUT2D eigenvalue weighted by Crippen LogP contribution is 2.24. The van der Waals surface area contributed by atoms with E-state index in [4.69, 9.17) is 0 Å². The molecule has 0 aliphatic rings. The first kappa shape index (κ1) is 6.89. The molecule has 1 aromatic rings. The molecule has 0 saturated heterocycles. The molecule has 0 fully saturated rings. The summed E-state index contributed by atoms with van der Waals surface area (Å²) in [5.41, 5.74) is 0. The number of aldehydes is 1. The van der Waals surface area contributed by atoms with Crippen LogP contribution in [0.5, 0.6) is 0 Å². The lowest BCUT2D eigenvalue weighted by Crippen LogP contribution is -1.65. The molecule has 0 atom stereocenters. The van der Waals surface area contributed by atoms with E-state index in [1.165, 1.54) is 6.07 Å². The maximum absolute atomic E-state index is 12.3. The van der Waals surface area contributed by atoms with E-state index in [1.807, 2.05) is 0 Å². The van der Waals surface area contributed by atoms with Crippen LogP contribution in [0.25, 0.3) is 0 Å². The molecule has 4 heteroatoms. The maximum Gasteiger partial charge on any atom is 0.160 e. The monoisotopic (exact) mass is 208 g/mol. The van der Waals surface area contributed by atoms with Crippen LogP contribution in [-0.2, 0) is 0 Å². The van der Waals surface area contributed by atoms with Gasteiger partial charge in [0.2, 0.25) is 0 Å². The summed E-state index contributed by atoms with van der Waals surface area (Å²) < 4.78 is 12.7. The Morgan fingerprint density at radius 2 is 2.44 bits per heavy atom. The van der Waals surface area contributed by atoms with Gasteiger partial charge in [0.05, 0.1) is 4.88 Å². The molecular weight excluding hydrogens is 207 g/mol. The lowest BCUT2D eigenvalue weighted by molar-refractivity contribution is 0.112. The third-order valence-electron chi connectivity index (χ3n) is 0.780. The van der Waals surface area contributed by atoms with E-state index < -0.39 is 0 Å². The predicted molar refractivity (Wildman–Crippen MR) is 37.4 cm³/mol. The number of carbonyl (C=O) groups excluding carboxylic acids is 1.